The topological polar surface area (TPSA) is 82.2 Å². The minimum atomic E-state index is -0.878. The lowest BCUT2D eigenvalue weighted by atomic mass is 10.1. The summed E-state index contributed by atoms with van der Waals surface area (Å²) in [5, 5.41) is 12.3. The second-order valence-corrected chi connectivity index (χ2v) is 5.18. The first kappa shape index (κ1) is 12.7. The molecule has 1 aromatic heterocycles. The number of carboxylic acid groups (broad SMARTS) is 1. The SMILES string of the molecule is O=C(NCC1(C(=O)O)CC1)c1cc2cc(F)ccc2[nH]1. The molecule has 0 atom stereocenters. The van der Waals surface area contributed by atoms with Crippen LogP contribution in [0.3, 0.4) is 0 Å². The van der Waals surface area contributed by atoms with Crippen molar-refractivity contribution in [3.05, 3.63) is 35.8 Å². The van der Waals surface area contributed by atoms with Gasteiger partial charge in [0.05, 0.1) is 5.41 Å². The Labute approximate surface area is 113 Å². The number of halogens is 1. The second-order valence-electron chi connectivity index (χ2n) is 5.18. The van der Waals surface area contributed by atoms with Crippen molar-refractivity contribution >= 4 is 22.8 Å². The summed E-state index contributed by atoms with van der Waals surface area (Å²) < 4.78 is 13.1. The van der Waals surface area contributed by atoms with Crippen molar-refractivity contribution in [1.82, 2.24) is 10.3 Å². The predicted molar refractivity (Wildman–Crippen MR) is 69.9 cm³/mol. The van der Waals surface area contributed by atoms with Gasteiger partial charge in [-0.05, 0) is 37.1 Å². The average Bonchev–Trinajstić information content (AvgIpc) is 3.09. The van der Waals surface area contributed by atoms with E-state index in [1.165, 1.54) is 12.1 Å². The molecule has 1 aliphatic carbocycles. The number of aliphatic carboxylic acids is 1. The molecule has 5 nitrogen and oxygen atoms in total. The van der Waals surface area contributed by atoms with Crippen LogP contribution in [0.1, 0.15) is 23.3 Å². The Kier molecular flexibility index (Phi) is 2.74. The molecule has 1 fully saturated rings. The Hall–Kier alpha value is -2.37. The number of nitrogens with one attached hydrogen (secondary N) is 2. The molecule has 1 amide bonds. The van der Waals surface area contributed by atoms with Gasteiger partial charge in [0.25, 0.3) is 5.91 Å². The molecule has 0 unspecified atom stereocenters. The maximum absolute atomic E-state index is 13.1. The molecule has 2 aromatic rings. The summed E-state index contributed by atoms with van der Waals surface area (Å²) in [6.07, 6.45) is 1.17. The van der Waals surface area contributed by atoms with E-state index in [1.54, 1.807) is 12.1 Å². The van der Waals surface area contributed by atoms with Crippen LogP contribution in [0.2, 0.25) is 0 Å². The van der Waals surface area contributed by atoms with Gasteiger partial charge in [0, 0.05) is 17.4 Å². The Morgan fingerprint density at radius 2 is 2.10 bits per heavy atom. The highest BCUT2D eigenvalue weighted by Gasteiger charge is 2.50. The van der Waals surface area contributed by atoms with Crippen LogP contribution in [0.5, 0.6) is 0 Å². The zero-order chi connectivity index (χ0) is 14.3. The van der Waals surface area contributed by atoms with E-state index in [1.807, 2.05) is 0 Å². The summed E-state index contributed by atoms with van der Waals surface area (Å²) in [4.78, 5) is 25.9. The molecule has 20 heavy (non-hydrogen) atoms. The van der Waals surface area contributed by atoms with Crippen LogP contribution in [0.15, 0.2) is 24.3 Å². The summed E-state index contributed by atoms with van der Waals surface area (Å²) in [5.74, 6) is -1.63. The van der Waals surface area contributed by atoms with Crippen LogP contribution in [0.25, 0.3) is 10.9 Å². The molecule has 1 aromatic carbocycles. The maximum atomic E-state index is 13.1. The molecule has 1 aliphatic rings. The lowest BCUT2D eigenvalue weighted by Gasteiger charge is -2.10. The molecule has 0 aliphatic heterocycles. The van der Waals surface area contributed by atoms with Crippen molar-refractivity contribution < 1.29 is 19.1 Å². The van der Waals surface area contributed by atoms with Gasteiger partial charge in [0.2, 0.25) is 0 Å². The summed E-state index contributed by atoms with van der Waals surface area (Å²) in [7, 11) is 0. The highest BCUT2D eigenvalue weighted by molar-refractivity contribution is 5.98. The van der Waals surface area contributed by atoms with E-state index < -0.39 is 11.4 Å². The summed E-state index contributed by atoms with van der Waals surface area (Å²) in [5.41, 5.74) is 0.163. The number of carbonyl (C=O) groups is 2. The zero-order valence-electron chi connectivity index (χ0n) is 10.6. The quantitative estimate of drug-likeness (QED) is 0.797. The molecule has 1 saturated carbocycles. The normalized spacial score (nSPS) is 16.1. The highest BCUT2D eigenvalue weighted by atomic mass is 19.1. The first-order chi connectivity index (χ1) is 9.50. The maximum Gasteiger partial charge on any atom is 0.311 e. The molecule has 0 spiro atoms. The van der Waals surface area contributed by atoms with Crippen molar-refractivity contribution in [2.45, 2.75) is 12.8 Å². The number of benzene rings is 1. The zero-order valence-corrected chi connectivity index (χ0v) is 10.6. The molecular formula is C14H13FN2O3. The van der Waals surface area contributed by atoms with E-state index in [2.05, 4.69) is 10.3 Å². The Morgan fingerprint density at radius 3 is 2.75 bits per heavy atom. The molecule has 3 N–H and O–H groups in total. The monoisotopic (exact) mass is 276 g/mol. The predicted octanol–water partition coefficient (Wildman–Crippen LogP) is 1.90. The lowest BCUT2D eigenvalue weighted by Crippen LogP contribution is -2.34. The largest absolute Gasteiger partial charge is 0.481 e. The second kappa shape index (κ2) is 4.33. The van der Waals surface area contributed by atoms with Gasteiger partial charge >= 0.3 is 5.97 Å². The van der Waals surface area contributed by atoms with Gasteiger partial charge < -0.3 is 15.4 Å². The van der Waals surface area contributed by atoms with Crippen molar-refractivity contribution in [2.24, 2.45) is 5.41 Å². The third-order valence-corrected chi connectivity index (χ3v) is 3.72. The number of aromatic nitrogens is 1. The van der Waals surface area contributed by atoms with Crippen LogP contribution < -0.4 is 5.32 Å². The fourth-order valence-corrected chi connectivity index (χ4v) is 2.19. The van der Waals surface area contributed by atoms with Gasteiger partial charge in [-0.2, -0.15) is 0 Å². The number of carbonyl (C=O) groups excluding carboxylic acids is 1. The molecule has 0 radical (unpaired) electrons. The van der Waals surface area contributed by atoms with Crippen LogP contribution >= 0.6 is 0 Å². The lowest BCUT2D eigenvalue weighted by molar-refractivity contribution is -0.143. The molecule has 1 heterocycles. The molecule has 6 heteroatoms. The van der Waals surface area contributed by atoms with E-state index >= 15 is 0 Å². The summed E-state index contributed by atoms with van der Waals surface area (Å²) in [6.45, 7) is 0.116. The van der Waals surface area contributed by atoms with Crippen LogP contribution in [0, 0.1) is 11.2 Å². The van der Waals surface area contributed by atoms with E-state index in [0.717, 1.165) is 0 Å². The fourth-order valence-electron chi connectivity index (χ4n) is 2.19. The Morgan fingerprint density at radius 1 is 1.35 bits per heavy atom. The molecule has 0 saturated heterocycles. The average molecular weight is 276 g/mol. The summed E-state index contributed by atoms with van der Waals surface area (Å²) >= 11 is 0. The summed E-state index contributed by atoms with van der Waals surface area (Å²) in [6, 6.07) is 5.75. The number of aromatic amines is 1. The minimum absolute atomic E-state index is 0.116. The first-order valence-corrected chi connectivity index (χ1v) is 6.30. The van der Waals surface area contributed by atoms with Gasteiger partial charge in [-0.15, -0.1) is 0 Å². The van der Waals surface area contributed by atoms with Crippen molar-refractivity contribution in [2.75, 3.05) is 6.54 Å². The molecule has 3 rings (SSSR count). The number of fused-ring (bicyclic) bond motifs is 1. The van der Waals surface area contributed by atoms with Gasteiger partial charge in [-0.1, -0.05) is 0 Å². The number of amides is 1. The number of rotatable bonds is 4. The van der Waals surface area contributed by atoms with Crippen LogP contribution in [-0.4, -0.2) is 28.5 Å². The standard InChI is InChI=1S/C14H13FN2O3/c15-9-1-2-10-8(5-9)6-11(17-10)12(18)16-7-14(3-4-14)13(19)20/h1-2,5-6,17H,3-4,7H2,(H,16,18)(H,19,20). The minimum Gasteiger partial charge on any atom is -0.481 e. The number of carboxylic acids is 1. The fraction of sp³-hybridized carbons (Fsp3) is 0.286. The van der Waals surface area contributed by atoms with E-state index in [0.29, 0.717) is 29.4 Å². The number of H-pyrrole nitrogens is 1. The van der Waals surface area contributed by atoms with Crippen LogP contribution in [0.4, 0.5) is 4.39 Å². The molecule has 0 bridgehead atoms. The smallest absolute Gasteiger partial charge is 0.311 e. The van der Waals surface area contributed by atoms with E-state index in [9.17, 15) is 14.0 Å². The van der Waals surface area contributed by atoms with Crippen molar-refractivity contribution in [1.29, 1.82) is 0 Å². The highest BCUT2D eigenvalue weighted by Crippen LogP contribution is 2.45. The Bertz CT molecular complexity index is 704. The molecular weight excluding hydrogens is 263 g/mol. The van der Waals surface area contributed by atoms with E-state index in [4.69, 9.17) is 5.11 Å². The van der Waals surface area contributed by atoms with Gasteiger partial charge in [0.1, 0.15) is 11.5 Å². The Balaban J connectivity index is 1.74. The third-order valence-electron chi connectivity index (χ3n) is 3.72. The van der Waals surface area contributed by atoms with Gasteiger partial charge in [-0.3, -0.25) is 9.59 Å². The van der Waals surface area contributed by atoms with Gasteiger partial charge in [0.15, 0.2) is 0 Å². The first-order valence-electron chi connectivity index (χ1n) is 6.30. The molecule has 104 valence electrons. The van der Waals surface area contributed by atoms with Crippen molar-refractivity contribution in [3.8, 4) is 0 Å². The third kappa shape index (κ3) is 2.13. The number of hydrogen-bond acceptors (Lipinski definition) is 2. The van der Waals surface area contributed by atoms with Gasteiger partial charge in [-0.25, -0.2) is 4.39 Å². The van der Waals surface area contributed by atoms with E-state index in [-0.39, 0.29) is 18.3 Å². The number of hydrogen-bond donors (Lipinski definition) is 3. The van der Waals surface area contributed by atoms with Crippen LogP contribution in [-0.2, 0) is 4.79 Å². The van der Waals surface area contributed by atoms with Crippen molar-refractivity contribution in [3.63, 3.8) is 0 Å².